The number of alkyl halides is 3. The summed E-state index contributed by atoms with van der Waals surface area (Å²) in [5.41, 5.74) is 1.86. The minimum Gasteiger partial charge on any atom is -0.381 e. The molecule has 10 heteroatoms. The van der Waals surface area contributed by atoms with Gasteiger partial charge in [-0.2, -0.15) is 13.2 Å². The summed E-state index contributed by atoms with van der Waals surface area (Å²) >= 11 is 0. The number of fused-ring (bicyclic) bond motifs is 4. The highest BCUT2D eigenvalue weighted by molar-refractivity contribution is 6.01. The van der Waals surface area contributed by atoms with E-state index in [1.54, 1.807) is 6.07 Å². The van der Waals surface area contributed by atoms with E-state index in [-0.39, 0.29) is 5.56 Å². The van der Waals surface area contributed by atoms with Gasteiger partial charge in [0.25, 0.3) is 0 Å². The summed E-state index contributed by atoms with van der Waals surface area (Å²) in [6.45, 7) is 6.84. The summed E-state index contributed by atoms with van der Waals surface area (Å²) in [7, 11) is 0. The van der Waals surface area contributed by atoms with Crippen LogP contribution in [0.3, 0.4) is 0 Å². The molecule has 2 fully saturated rings. The van der Waals surface area contributed by atoms with Crippen molar-refractivity contribution in [3.05, 3.63) is 59.4 Å². The van der Waals surface area contributed by atoms with Crippen LogP contribution < -0.4 is 10.2 Å². The second-order valence-electron chi connectivity index (χ2n) is 9.50. The highest BCUT2D eigenvalue weighted by Gasteiger charge is 2.37. The Morgan fingerprint density at radius 1 is 1.09 bits per heavy atom. The second-order valence-corrected chi connectivity index (χ2v) is 9.50. The van der Waals surface area contributed by atoms with E-state index < -0.39 is 17.8 Å². The van der Waals surface area contributed by atoms with Crippen LogP contribution in [0.4, 0.5) is 24.7 Å². The van der Waals surface area contributed by atoms with E-state index >= 15 is 0 Å². The zero-order valence-corrected chi connectivity index (χ0v) is 19.4. The molecule has 0 radical (unpaired) electrons. The maximum Gasteiger partial charge on any atom is 0.416 e. The average Bonchev–Trinajstić information content (AvgIpc) is 3.54. The van der Waals surface area contributed by atoms with Gasteiger partial charge in [-0.3, -0.25) is 0 Å². The van der Waals surface area contributed by atoms with E-state index in [2.05, 4.69) is 37.5 Å². The molecule has 0 saturated carbocycles. The van der Waals surface area contributed by atoms with Crippen molar-refractivity contribution in [1.82, 2.24) is 19.8 Å². The summed E-state index contributed by atoms with van der Waals surface area (Å²) in [5, 5.41) is 13.9. The first kappa shape index (κ1) is 22.1. The van der Waals surface area contributed by atoms with Crippen LogP contribution in [-0.2, 0) is 10.9 Å². The van der Waals surface area contributed by atoms with E-state index in [1.165, 1.54) is 23.9 Å². The molecule has 35 heavy (non-hydrogen) atoms. The van der Waals surface area contributed by atoms with E-state index in [4.69, 9.17) is 4.74 Å². The number of aromatic nitrogens is 4. The molecule has 7 nitrogen and oxygen atoms in total. The van der Waals surface area contributed by atoms with Gasteiger partial charge in [0.15, 0.2) is 11.5 Å². The summed E-state index contributed by atoms with van der Waals surface area (Å²) in [6, 6.07) is 10.1. The minimum atomic E-state index is -4.40. The van der Waals surface area contributed by atoms with E-state index in [1.807, 2.05) is 13.0 Å². The molecule has 0 aliphatic carbocycles. The fraction of sp³-hybridized carbons (Fsp3) is 0.400. The Morgan fingerprint density at radius 2 is 1.86 bits per heavy atom. The molecule has 3 unspecified atom stereocenters. The smallest absolute Gasteiger partial charge is 0.381 e. The topological polar surface area (TPSA) is 67.6 Å². The number of rotatable bonds is 4. The van der Waals surface area contributed by atoms with Crippen LogP contribution in [0, 0.1) is 18.8 Å². The SMILES string of the molecule is Cc1c(C(C)Nc2nn3ncnc3c3ccc(N4CC5COCC5C4)cc23)cccc1C(F)(F)F. The highest BCUT2D eigenvalue weighted by atomic mass is 19.4. The molecule has 0 bridgehead atoms. The molecule has 2 aromatic carbocycles. The van der Waals surface area contributed by atoms with Gasteiger partial charge in [0.2, 0.25) is 0 Å². The second kappa shape index (κ2) is 8.08. The van der Waals surface area contributed by atoms with Crippen molar-refractivity contribution in [3.63, 3.8) is 0 Å². The molecule has 3 atom stereocenters. The number of anilines is 2. The first-order valence-corrected chi connectivity index (χ1v) is 11.7. The molecule has 1 N–H and O–H groups in total. The van der Waals surface area contributed by atoms with Gasteiger partial charge < -0.3 is 15.0 Å². The number of halogens is 3. The van der Waals surface area contributed by atoms with Crippen LogP contribution in [0.5, 0.6) is 0 Å². The lowest BCUT2D eigenvalue weighted by Gasteiger charge is -2.22. The molecule has 2 aliphatic heterocycles. The van der Waals surface area contributed by atoms with Crippen molar-refractivity contribution in [1.29, 1.82) is 0 Å². The lowest BCUT2D eigenvalue weighted by Crippen LogP contribution is -2.22. The zero-order chi connectivity index (χ0) is 24.3. The molecular weight excluding hydrogens is 457 g/mol. The number of hydrogen-bond acceptors (Lipinski definition) is 6. The lowest BCUT2D eigenvalue weighted by atomic mass is 9.97. The van der Waals surface area contributed by atoms with Crippen molar-refractivity contribution in [2.75, 3.05) is 36.5 Å². The Balaban J connectivity index is 1.40. The summed E-state index contributed by atoms with van der Waals surface area (Å²) in [6.07, 6.45) is -2.96. The summed E-state index contributed by atoms with van der Waals surface area (Å²) in [4.78, 5) is 6.73. The monoisotopic (exact) mass is 482 g/mol. The van der Waals surface area contributed by atoms with Crippen LogP contribution in [0.15, 0.2) is 42.7 Å². The third-order valence-electron chi connectivity index (χ3n) is 7.33. The van der Waals surface area contributed by atoms with Gasteiger partial charge in [0.05, 0.1) is 24.8 Å². The molecule has 6 rings (SSSR count). The Hall–Kier alpha value is -3.40. The molecule has 2 aliphatic rings. The largest absolute Gasteiger partial charge is 0.416 e. The third-order valence-corrected chi connectivity index (χ3v) is 7.33. The molecule has 4 heterocycles. The number of benzene rings is 2. The Labute approximate surface area is 199 Å². The van der Waals surface area contributed by atoms with Crippen LogP contribution in [0.25, 0.3) is 16.4 Å². The first-order chi connectivity index (χ1) is 16.8. The van der Waals surface area contributed by atoms with Crippen molar-refractivity contribution in [3.8, 4) is 0 Å². The molecule has 0 amide bonds. The standard InChI is InChI=1S/C25H25F3N6O/c1-14-19(4-3-5-22(14)25(26,27)28)15(2)31-23-21-8-18(33-9-16-11-35-12-17(16)10-33)6-7-20(21)24-29-13-30-34(24)32-23/h3-8,13,15-17H,9-12H2,1-2H3,(H,31,32). The van der Waals surface area contributed by atoms with Crippen molar-refractivity contribution < 1.29 is 17.9 Å². The van der Waals surface area contributed by atoms with Crippen molar-refractivity contribution in [2.45, 2.75) is 26.1 Å². The average molecular weight is 483 g/mol. The summed E-state index contributed by atoms with van der Waals surface area (Å²) < 4.78 is 47.5. The zero-order valence-electron chi connectivity index (χ0n) is 19.4. The number of hydrogen-bond donors (Lipinski definition) is 1. The number of nitrogens with one attached hydrogen (secondary N) is 1. The van der Waals surface area contributed by atoms with Gasteiger partial charge in [0, 0.05) is 41.4 Å². The van der Waals surface area contributed by atoms with Crippen molar-refractivity contribution >= 4 is 27.9 Å². The first-order valence-electron chi connectivity index (χ1n) is 11.7. The molecular formula is C25H25F3N6O. The lowest BCUT2D eigenvalue weighted by molar-refractivity contribution is -0.138. The van der Waals surface area contributed by atoms with E-state index in [0.717, 1.165) is 48.8 Å². The number of nitrogens with zero attached hydrogens (tertiary/aromatic N) is 5. The van der Waals surface area contributed by atoms with Crippen molar-refractivity contribution in [2.24, 2.45) is 11.8 Å². The maximum absolute atomic E-state index is 13.5. The van der Waals surface area contributed by atoms with Crippen LogP contribution in [0.2, 0.25) is 0 Å². The predicted octanol–water partition coefficient (Wildman–Crippen LogP) is 4.86. The Bertz CT molecular complexity index is 1410. The summed E-state index contributed by atoms with van der Waals surface area (Å²) in [5.74, 6) is 1.64. The quantitative estimate of drug-likeness (QED) is 0.448. The molecule has 0 spiro atoms. The van der Waals surface area contributed by atoms with Crippen LogP contribution >= 0.6 is 0 Å². The van der Waals surface area contributed by atoms with Gasteiger partial charge in [-0.05, 0) is 49.2 Å². The van der Waals surface area contributed by atoms with Gasteiger partial charge in [-0.25, -0.2) is 4.98 Å². The van der Waals surface area contributed by atoms with E-state index in [9.17, 15) is 13.2 Å². The number of ether oxygens (including phenoxy) is 1. The third kappa shape index (κ3) is 3.76. The fourth-order valence-corrected chi connectivity index (χ4v) is 5.47. The van der Waals surface area contributed by atoms with Gasteiger partial charge in [-0.1, -0.05) is 12.1 Å². The molecule has 4 aromatic rings. The fourth-order valence-electron chi connectivity index (χ4n) is 5.47. The Morgan fingerprint density at radius 3 is 2.60 bits per heavy atom. The molecule has 2 aromatic heterocycles. The van der Waals surface area contributed by atoms with Gasteiger partial charge in [0.1, 0.15) is 6.33 Å². The van der Waals surface area contributed by atoms with Gasteiger partial charge in [-0.15, -0.1) is 14.8 Å². The highest BCUT2D eigenvalue weighted by Crippen LogP contribution is 2.38. The maximum atomic E-state index is 13.5. The Kier molecular flexibility index (Phi) is 5.10. The normalized spacial score (nSPS) is 21.1. The minimum absolute atomic E-state index is 0.206. The van der Waals surface area contributed by atoms with Crippen LogP contribution in [-0.4, -0.2) is 46.1 Å². The molecule has 182 valence electrons. The molecule has 2 saturated heterocycles. The van der Waals surface area contributed by atoms with E-state index in [0.29, 0.717) is 28.9 Å². The van der Waals surface area contributed by atoms with Gasteiger partial charge >= 0.3 is 6.18 Å². The van der Waals surface area contributed by atoms with Crippen LogP contribution in [0.1, 0.15) is 29.7 Å². The predicted molar refractivity (Wildman–Crippen MR) is 127 cm³/mol.